The fourth-order valence-electron chi connectivity index (χ4n) is 6.68. The number of para-hydroxylation sites is 2. The van der Waals surface area contributed by atoms with Gasteiger partial charge in [0, 0.05) is 10.5 Å². The predicted octanol–water partition coefficient (Wildman–Crippen LogP) is 4.42. The molecule has 3 atom stereocenters. The fraction of sp³-hybridized carbons (Fsp3) is 0.161. The van der Waals surface area contributed by atoms with E-state index in [0.29, 0.717) is 11.3 Å². The summed E-state index contributed by atoms with van der Waals surface area (Å²) in [4.78, 5) is 28.9. The third kappa shape index (κ3) is 3.20. The molecule has 0 aliphatic carbocycles. The zero-order valence-electron chi connectivity index (χ0n) is 22.3. The standard InChI is InChI=1S/C31H24N4O5S2/c1-20-15-17-22(18-16-20)42(39,40)34-26-14-8-6-12-24(26)31(35(37)38)27(34)30(32-28(31)41)23-11-5-7-13-25(23)33(29(30)36)19-21-9-3-2-4-10-21/h2-18,27H,19H2,1H3,(H,32,41)/t27-,30+,31+/m1/s1. The Morgan fingerprint density at radius 3 is 2.14 bits per heavy atom. The molecule has 3 aliphatic rings. The summed E-state index contributed by atoms with van der Waals surface area (Å²) >= 11 is 5.75. The maximum Gasteiger partial charge on any atom is 0.322 e. The summed E-state index contributed by atoms with van der Waals surface area (Å²) in [6.07, 6.45) is 0. The average Bonchev–Trinajstić information content (AvgIpc) is 3.54. The highest BCUT2D eigenvalue weighted by atomic mass is 32.2. The van der Waals surface area contributed by atoms with Crippen molar-refractivity contribution in [1.82, 2.24) is 5.32 Å². The van der Waals surface area contributed by atoms with Crippen LogP contribution in [0.4, 0.5) is 11.4 Å². The first kappa shape index (κ1) is 26.3. The van der Waals surface area contributed by atoms with E-state index in [2.05, 4.69) is 5.32 Å². The van der Waals surface area contributed by atoms with Crippen LogP contribution in [0.15, 0.2) is 108 Å². The largest absolute Gasteiger partial charge is 0.354 e. The van der Waals surface area contributed by atoms with Crippen LogP contribution in [0.2, 0.25) is 0 Å². The zero-order chi connectivity index (χ0) is 29.4. The number of benzene rings is 4. The number of aryl methyl sites for hydroxylation is 1. The summed E-state index contributed by atoms with van der Waals surface area (Å²) < 4.78 is 30.2. The van der Waals surface area contributed by atoms with Gasteiger partial charge in [0.1, 0.15) is 0 Å². The van der Waals surface area contributed by atoms with Crippen molar-refractivity contribution in [3.05, 3.63) is 135 Å². The summed E-state index contributed by atoms with van der Waals surface area (Å²) in [5, 5.41) is 16.4. The molecule has 1 saturated heterocycles. The van der Waals surface area contributed by atoms with E-state index in [4.69, 9.17) is 12.2 Å². The summed E-state index contributed by atoms with van der Waals surface area (Å²) in [5.41, 5.74) is -1.18. The van der Waals surface area contributed by atoms with Gasteiger partial charge >= 0.3 is 5.54 Å². The molecular weight excluding hydrogens is 572 g/mol. The molecule has 210 valence electrons. The molecule has 4 aromatic rings. The van der Waals surface area contributed by atoms with Gasteiger partial charge in [-0.1, -0.05) is 90.6 Å². The number of fused-ring (bicyclic) bond motifs is 6. The Kier molecular flexibility index (Phi) is 5.60. The monoisotopic (exact) mass is 596 g/mol. The van der Waals surface area contributed by atoms with Gasteiger partial charge in [0.15, 0.2) is 16.6 Å². The van der Waals surface area contributed by atoms with Crippen molar-refractivity contribution in [1.29, 1.82) is 0 Å². The Bertz CT molecular complexity index is 1920. The van der Waals surface area contributed by atoms with E-state index in [1.807, 2.05) is 37.3 Å². The lowest BCUT2D eigenvalue weighted by Crippen LogP contribution is -2.62. The number of hydrogen-bond acceptors (Lipinski definition) is 6. The van der Waals surface area contributed by atoms with Crippen molar-refractivity contribution in [2.24, 2.45) is 0 Å². The molecule has 1 spiro atoms. The number of thiocarbonyl (C=S) groups is 1. The van der Waals surface area contributed by atoms with E-state index < -0.39 is 38.0 Å². The number of carbonyl (C=O) groups excluding carboxylic acids is 1. The van der Waals surface area contributed by atoms with Gasteiger partial charge in [-0.05, 0) is 42.8 Å². The second-order valence-corrected chi connectivity index (χ2v) is 12.9. The first-order chi connectivity index (χ1) is 20.1. The molecular formula is C31H24N4O5S2. The fourth-order valence-corrected chi connectivity index (χ4v) is 8.85. The predicted molar refractivity (Wildman–Crippen MR) is 161 cm³/mol. The van der Waals surface area contributed by atoms with Gasteiger partial charge in [-0.15, -0.1) is 0 Å². The molecule has 0 bridgehead atoms. The molecule has 3 heterocycles. The molecule has 42 heavy (non-hydrogen) atoms. The summed E-state index contributed by atoms with van der Waals surface area (Å²) in [6, 6.07) is 27.4. The summed E-state index contributed by atoms with van der Waals surface area (Å²) in [7, 11) is -4.43. The van der Waals surface area contributed by atoms with Crippen LogP contribution in [-0.4, -0.2) is 30.3 Å². The Labute approximate surface area is 247 Å². The number of carbonyl (C=O) groups is 1. The summed E-state index contributed by atoms with van der Waals surface area (Å²) in [6.45, 7) is 2.02. The minimum absolute atomic E-state index is 0.0464. The lowest BCUT2D eigenvalue weighted by molar-refractivity contribution is -0.555. The van der Waals surface area contributed by atoms with Gasteiger partial charge in [-0.3, -0.25) is 19.2 Å². The molecule has 11 heteroatoms. The maximum absolute atomic E-state index is 14.8. The first-order valence-electron chi connectivity index (χ1n) is 13.3. The van der Waals surface area contributed by atoms with Crippen LogP contribution < -0.4 is 14.5 Å². The Morgan fingerprint density at radius 2 is 1.48 bits per heavy atom. The van der Waals surface area contributed by atoms with Gasteiger partial charge in [0.2, 0.25) is 0 Å². The van der Waals surface area contributed by atoms with Crippen molar-refractivity contribution in [2.45, 2.75) is 35.5 Å². The first-order valence-corrected chi connectivity index (χ1v) is 15.1. The van der Waals surface area contributed by atoms with Crippen molar-refractivity contribution in [2.75, 3.05) is 9.21 Å². The van der Waals surface area contributed by atoms with Gasteiger partial charge in [-0.25, -0.2) is 8.42 Å². The van der Waals surface area contributed by atoms with Crippen LogP contribution in [0.5, 0.6) is 0 Å². The highest BCUT2D eigenvalue weighted by Crippen LogP contribution is 2.61. The number of nitrogens with zero attached hydrogens (tertiary/aromatic N) is 3. The van der Waals surface area contributed by atoms with Crippen LogP contribution >= 0.6 is 12.2 Å². The SMILES string of the molecule is Cc1ccc(S(=O)(=O)N2c3ccccc3[C@@]3([N+](=O)[O-])C(=S)N[C@]4(C(=O)N(Cc5ccccc5)c5ccccc54)[C@@H]23)cc1. The quantitative estimate of drug-likeness (QED) is 0.206. The van der Waals surface area contributed by atoms with Gasteiger partial charge in [0.25, 0.3) is 15.9 Å². The second kappa shape index (κ2) is 8.94. The number of amides is 1. The van der Waals surface area contributed by atoms with E-state index in [0.717, 1.165) is 15.4 Å². The minimum atomic E-state index is -4.43. The number of anilines is 2. The molecule has 1 fully saturated rings. The van der Waals surface area contributed by atoms with E-state index in [1.54, 1.807) is 53.4 Å². The van der Waals surface area contributed by atoms with E-state index >= 15 is 0 Å². The molecule has 0 radical (unpaired) electrons. The third-order valence-corrected chi connectivity index (χ3v) is 10.7. The molecule has 0 saturated carbocycles. The Hall–Kier alpha value is -4.61. The normalized spacial score (nSPS) is 24.0. The third-order valence-electron chi connectivity index (χ3n) is 8.50. The highest BCUT2D eigenvalue weighted by molar-refractivity contribution is 7.93. The van der Waals surface area contributed by atoms with E-state index in [-0.39, 0.29) is 27.7 Å². The molecule has 3 aliphatic heterocycles. The molecule has 1 N–H and O–H groups in total. The van der Waals surface area contributed by atoms with Crippen LogP contribution in [-0.2, 0) is 32.4 Å². The second-order valence-electron chi connectivity index (χ2n) is 10.7. The van der Waals surface area contributed by atoms with Crippen LogP contribution in [0, 0.1) is 17.0 Å². The van der Waals surface area contributed by atoms with Crippen molar-refractivity contribution in [3.8, 4) is 0 Å². The maximum atomic E-state index is 14.8. The van der Waals surface area contributed by atoms with Gasteiger partial charge in [-0.2, -0.15) is 0 Å². The Morgan fingerprint density at radius 1 is 0.881 bits per heavy atom. The average molecular weight is 597 g/mol. The topological polar surface area (TPSA) is 113 Å². The van der Waals surface area contributed by atoms with E-state index in [9.17, 15) is 23.3 Å². The molecule has 7 rings (SSSR count). The number of hydrogen-bond donors (Lipinski definition) is 1. The lowest BCUT2D eigenvalue weighted by Gasteiger charge is -2.36. The van der Waals surface area contributed by atoms with Crippen LogP contribution in [0.1, 0.15) is 22.3 Å². The van der Waals surface area contributed by atoms with Crippen LogP contribution in [0.3, 0.4) is 0 Å². The van der Waals surface area contributed by atoms with Gasteiger partial charge in [0.05, 0.1) is 28.4 Å². The number of sulfonamides is 1. The van der Waals surface area contributed by atoms with Crippen molar-refractivity contribution in [3.63, 3.8) is 0 Å². The van der Waals surface area contributed by atoms with Crippen LogP contribution in [0.25, 0.3) is 0 Å². The van der Waals surface area contributed by atoms with Crippen molar-refractivity contribution < 1.29 is 18.1 Å². The number of rotatable bonds is 5. The molecule has 0 unspecified atom stereocenters. The van der Waals surface area contributed by atoms with Gasteiger partial charge < -0.3 is 10.2 Å². The minimum Gasteiger partial charge on any atom is -0.354 e. The Balaban J connectivity index is 1.52. The number of nitrogens with one attached hydrogen (secondary N) is 1. The molecule has 1 amide bonds. The zero-order valence-corrected chi connectivity index (χ0v) is 23.9. The van der Waals surface area contributed by atoms with E-state index in [1.165, 1.54) is 24.3 Å². The van der Waals surface area contributed by atoms with Crippen molar-refractivity contribution >= 4 is 44.5 Å². The molecule has 4 aromatic carbocycles. The summed E-state index contributed by atoms with van der Waals surface area (Å²) in [5.74, 6) is -0.513. The highest BCUT2D eigenvalue weighted by Gasteiger charge is 2.81. The smallest absolute Gasteiger partial charge is 0.322 e. The molecule has 0 aromatic heterocycles. The lowest BCUT2D eigenvalue weighted by atomic mass is 9.77. The molecule has 9 nitrogen and oxygen atoms in total. The number of nitro groups is 1.